The number of imide groups is 2. The van der Waals surface area contributed by atoms with Crippen molar-refractivity contribution >= 4 is 57.1 Å². The summed E-state index contributed by atoms with van der Waals surface area (Å²) in [5.74, 6) is -0.545. The average Bonchev–Trinajstić information content (AvgIpc) is 2.85. The van der Waals surface area contributed by atoms with E-state index in [0.717, 1.165) is 14.9 Å². The fourth-order valence-corrected chi connectivity index (χ4v) is 4.06. The SMILES string of the molecule is CCOc1cc(/C=C2\C(=O)NC(=O)N(c3cccc(Cl)c3C)C2=O)ccc1OCc1ccc(Br)cc1. The molecule has 1 aliphatic heterocycles. The van der Waals surface area contributed by atoms with Crippen LogP contribution in [0.4, 0.5) is 10.5 Å². The first-order chi connectivity index (χ1) is 17.3. The molecule has 9 heteroatoms. The molecular formula is C27H22BrClN2O5. The van der Waals surface area contributed by atoms with Crippen LogP contribution in [0.5, 0.6) is 11.5 Å². The van der Waals surface area contributed by atoms with Crippen molar-refractivity contribution in [3.8, 4) is 11.5 Å². The third kappa shape index (κ3) is 5.45. The Hall–Kier alpha value is -3.62. The maximum Gasteiger partial charge on any atom is 0.335 e. The molecule has 1 saturated heterocycles. The van der Waals surface area contributed by atoms with E-state index in [4.69, 9.17) is 21.1 Å². The quantitative estimate of drug-likeness (QED) is 0.276. The smallest absolute Gasteiger partial charge is 0.335 e. The minimum absolute atomic E-state index is 0.194. The van der Waals surface area contributed by atoms with Gasteiger partial charge in [0.2, 0.25) is 0 Å². The highest BCUT2D eigenvalue weighted by atomic mass is 79.9. The molecule has 4 amide bonds. The summed E-state index contributed by atoms with van der Waals surface area (Å²) in [7, 11) is 0. The van der Waals surface area contributed by atoms with Crippen LogP contribution in [-0.2, 0) is 16.2 Å². The number of nitrogens with zero attached hydrogens (tertiary/aromatic N) is 1. The Morgan fingerprint density at radius 1 is 1.00 bits per heavy atom. The predicted molar refractivity (Wildman–Crippen MR) is 141 cm³/mol. The molecule has 1 aliphatic rings. The van der Waals surface area contributed by atoms with E-state index in [1.165, 1.54) is 6.08 Å². The minimum atomic E-state index is -0.834. The monoisotopic (exact) mass is 568 g/mol. The number of hydrogen-bond acceptors (Lipinski definition) is 5. The zero-order chi connectivity index (χ0) is 25.8. The number of amides is 4. The molecule has 0 aromatic heterocycles. The van der Waals surface area contributed by atoms with Crippen LogP contribution in [0.1, 0.15) is 23.6 Å². The van der Waals surface area contributed by atoms with Gasteiger partial charge in [-0.15, -0.1) is 0 Å². The lowest BCUT2D eigenvalue weighted by atomic mass is 10.1. The summed E-state index contributed by atoms with van der Waals surface area (Å²) in [6.45, 7) is 4.27. The summed E-state index contributed by atoms with van der Waals surface area (Å²) >= 11 is 9.59. The number of urea groups is 1. The van der Waals surface area contributed by atoms with E-state index in [-0.39, 0.29) is 5.57 Å². The normalized spacial score (nSPS) is 14.7. The summed E-state index contributed by atoms with van der Waals surface area (Å²) < 4.78 is 12.7. The number of benzene rings is 3. The number of hydrogen-bond donors (Lipinski definition) is 1. The van der Waals surface area contributed by atoms with Gasteiger partial charge in [0.05, 0.1) is 12.3 Å². The molecule has 0 unspecified atom stereocenters. The van der Waals surface area contributed by atoms with Crippen LogP contribution in [0.3, 0.4) is 0 Å². The van der Waals surface area contributed by atoms with Gasteiger partial charge in [-0.2, -0.15) is 0 Å². The molecule has 0 spiro atoms. The van der Waals surface area contributed by atoms with E-state index in [1.807, 2.05) is 31.2 Å². The third-order valence-electron chi connectivity index (χ3n) is 5.47. The standard InChI is InChI=1S/C27H22BrClN2O5/c1-3-35-24-14-18(9-12-23(24)36-15-17-7-10-19(28)11-8-17)13-20-25(32)30-27(34)31(26(20)33)22-6-4-5-21(29)16(22)2/h4-14H,3,15H2,1-2H3,(H,30,32,34)/b20-13+. The molecule has 1 N–H and O–H groups in total. The van der Waals surface area contributed by atoms with Crippen LogP contribution < -0.4 is 19.7 Å². The van der Waals surface area contributed by atoms with Crippen LogP contribution in [0.15, 0.2) is 70.7 Å². The summed E-state index contributed by atoms with van der Waals surface area (Å²) in [5, 5.41) is 2.62. The second-order valence-electron chi connectivity index (χ2n) is 7.90. The van der Waals surface area contributed by atoms with Crippen molar-refractivity contribution in [3.05, 3.63) is 92.4 Å². The van der Waals surface area contributed by atoms with Gasteiger partial charge in [-0.25, -0.2) is 9.69 Å². The molecule has 36 heavy (non-hydrogen) atoms. The molecule has 3 aromatic carbocycles. The van der Waals surface area contributed by atoms with Crippen molar-refractivity contribution in [3.63, 3.8) is 0 Å². The molecule has 0 atom stereocenters. The topological polar surface area (TPSA) is 84.9 Å². The number of carbonyl (C=O) groups is 3. The van der Waals surface area contributed by atoms with Crippen molar-refractivity contribution in [1.82, 2.24) is 5.32 Å². The van der Waals surface area contributed by atoms with E-state index < -0.39 is 17.8 Å². The van der Waals surface area contributed by atoms with Gasteiger partial charge in [0.1, 0.15) is 12.2 Å². The van der Waals surface area contributed by atoms with Gasteiger partial charge in [-0.05, 0) is 73.0 Å². The van der Waals surface area contributed by atoms with Crippen LogP contribution in [0.2, 0.25) is 5.02 Å². The highest BCUT2D eigenvalue weighted by molar-refractivity contribution is 9.10. The van der Waals surface area contributed by atoms with Gasteiger partial charge in [0, 0.05) is 9.50 Å². The molecule has 0 bridgehead atoms. The Balaban J connectivity index is 1.63. The molecule has 0 radical (unpaired) electrons. The fourth-order valence-electron chi connectivity index (χ4n) is 3.62. The molecule has 7 nitrogen and oxygen atoms in total. The Morgan fingerprint density at radius 2 is 1.75 bits per heavy atom. The zero-order valence-electron chi connectivity index (χ0n) is 19.5. The molecular weight excluding hydrogens is 548 g/mol. The van der Waals surface area contributed by atoms with Crippen molar-refractivity contribution in [1.29, 1.82) is 0 Å². The maximum atomic E-state index is 13.2. The lowest BCUT2D eigenvalue weighted by Gasteiger charge is -2.27. The summed E-state index contributed by atoms with van der Waals surface area (Å²) in [6.07, 6.45) is 1.41. The first-order valence-corrected chi connectivity index (χ1v) is 12.3. The summed E-state index contributed by atoms with van der Waals surface area (Å²) in [5.41, 5.74) is 2.17. The third-order valence-corrected chi connectivity index (χ3v) is 6.41. The van der Waals surface area contributed by atoms with E-state index in [9.17, 15) is 14.4 Å². The first-order valence-electron chi connectivity index (χ1n) is 11.1. The Morgan fingerprint density at radius 3 is 2.47 bits per heavy atom. The Kier molecular flexibility index (Phi) is 7.76. The van der Waals surface area contributed by atoms with Crippen LogP contribution in [-0.4, -0.2) is 24.5 Å². The highest BCUT2D eigenvalue weighted by Gasteiger charge is 2.37. The second kappa shape index (κ2) is 11.0. The van der Waals surface area contributed by atoms with Gasteiger partial charge in [-0.3, -0.25) is 14.9 Å². The zero-order valence-corrected chi connectivity index (χ0v) is 21.9. The van der Waals surface area contributed by atoms with Gasteiger partial charge in [-0.1, -0.05) is 51.8 Å². The molecule has 1 fully saturated rings. The lowest BCUT2D eigenvalue weighted by molar-refractivity contribution is -0.122. The van der Waals surface area contributed by atoms with Crippen LogP contribution >= 0.6 is 27.5 Å². The molecule has 3 aromatic rings. The Labute approximate surface area is 221 Å². The maximum absolute atomic E-state index is 13.2. The van der Waals surface area contributed by atoms with E-state index in [0.29, 0.717) is 46.5 Å². The number of carbonyl (C=O) groups excluding carboxylic acids is 3. The second-order valence-corrected chi connectivity index (χ2v) is 9.22. The average molecular weight is 570 g/mol. The van der Waals surface area contributed by atoms with Gasteiger partial charge in [0.15, 0.2) is 11.5 Å². The minimum Gasteiger partial charge on any atom is -0.490 e. The first kappa shape index (κ1) is 25.5. The van der Waals surface area contributed by atoms with Crippen molar-refractivity contribution in [2.24, 2.45) is 0 Å². The lowest BCUT2D eigenvalue weighted by Crippen LogP contribution is -2.54. The molecule has 0 saturated carbocycles. The number of ether oxygens (including phenoxy) is 2. The van der Waals surface area contributed by atoms with Crippen molar-refractivity contribution in [2.45, 2.75) is 20.5 Å². The van der Waals surface area contributed by atoms with E-state index >= 15 is 0 Å². The van der Waals surface area contributed by atoms with Crippen molar-refractivity contribution < 1.29 is 23.9 Å². The largest absolute Gasteiger partial charge is 0.490 e. The number of anilines is 1. The van der Waals surface area contributed by atoms with Crippen LogP contribution in [0, 0.1) is 6.92 Å². The van der Waals surface area contributed by atoms with E-state index in [2.05, 4.69) is 21.2 Å². The molecule has 1 heterocycles. The number of halogens is 2. The predicted octanol–water partition coefficient (Wildman–Crippen LogP) is 6.06. The summed E-state index contributed by atoms with van der Waals surface area (Å²) in [4.78, 5) is 39.3. The fraction of sp³-hybridized carbons (Fsp3) is 0.148. The van der Waals surface area contributed by atoms with Gasteiger partial charge >= 0.3 is 6.03 Å². The number of nitrogens with one attached hydrogen (secondary N) is 1. The summed E-state index contributed by atoms with van der Waals surface area (Å²) in [6, 6.07) is 16.9. The number of rotatable bonds is 7. The highest BCUT2D eigenvalue weighted by Crippen LogP contribution is 2.32. The van der Waals surface area contributed by atoms with Gasteiger partial charge in [0.25, 0.3) is 11.8 Å². The molecule has 4 rings (SSSR count). The van der Waals surface area contributed by atoms with Crippen LogP contribution in [0.25, 0.3) is 6.08 Å². The van der Waals surface area contributed by atoms with Gasteiger partial charge < -0.3 is 9.47 Å². The van der Waals surface area contributed by atoms with Crippen molar-refractivity contribution in [2.75, 3.05) is 11.5 Å². The molecule has 184 valence electrons. The Bertz CT molecular complexity index is 1370. The number of barbiturate groups is 1. The molecule has 0 aliphatic carbocycles. The van der Waals surface area contributed by atoms with E-state index in [1.54, 1.807) is 43.3 Å².